The fraction of sp³-hybridized carbons (Fsp3) is 0.278. The van der Waals surface area contributed by atoms with Crippen molar-refractivity contribution in [1.29, 1.82) is 0 Å². The normalized spacial score (nSPS) is 16.9. The highest BCUT2D eigenvalue weighted by Gasteiger charge is 2.27. The Kier molecular flexibility index (Phi) is 5.23. The Hall–Kier alpha value is -1.70. The summed E-state index contributed by atoms with van der Waals surface area (Å²) in [6.07, 6.45) is 0. The van der Waals surface area contributed by atoms with Gasteiger partial charge in [-0.1, -0.05) is 18.5 Å². The number of fused-ring (bicyclic) bond motifs is 1. The third-order valence-electron chi connectivity index (χ3n) is 4.11. The molecule has 0 unspecified atom stereocenters. The van der Waals surface area contributed by atoms with Crippen LogP contribution in [0.25, 0.3) is 0 Å². The molecule has 26 heavy (non-hydrogen) atoms. The van der Waals surface area contributed by atoms with E-state index in [1.807, 2.05) is 6.92 Å². The van der Waals surface area contributed by atoms with Crippen molar-refractivity contribution >= 4 is 50.7 Å². The molecule has 2 aromatic carbocycles. The summed E-state index contributed by atoms with van der Waals surface area (Å²) >= 11 is 7.56. The molecule has 8 heteroatoms. The van der Waals surface area contributed by atoms with Gasteiger partial charge in [-0.3, -0.25) is 9.52 Å². The number of rotatable bonds is 3. The van der Waals surface area contributed by atoms with Crippen molar-refractivity contribution in [3.63, 3.8) is 0 Å². The first-order valence-corrected chi connectivity index (χ1v) is 10.8. The Labute approximate surface area is 162 Å². The van der Waals surface area contributed by atoms with Gasteiger partial charge in [0, 0.05) is 28.6 Å². The van der Waals surface area contributed by atoms with Gasteiger partial charge in [0.1, 0.15) is 0 Å². The first kappa shape index (κ1) is 19.1. The van der Waals surface area contributed by atoms with E-state index in [-0.39, 0.29) is 16.1 Å². The number of aryl methyl sites for hydroxylation is 1. The molecule has 0 radical (unpaired) electrons. The van der Waals surface area contributed by atoms with E-state index in [1.54, 1.807) is 60.0 Å². The van der Waals surface area contributed by atoms with E-state index in [9.17, 15) is 13.2 Å². The number of hydrogen-bond acceptors (Lipinski definition) is 4. The van der Waals surface area contributed by atoms with Crippen LogP contribution in [0.15, 0.2) is 46.2 Å². The van der Waals surface area contributed by atoms with Gasteiger partial charge in [0.05, 0.1) is 16.3 Å². The zero-order valence-corrected chi connectivity index (χ0v) is 17.0. The molecule has 2 aromatic rings. The Balaban J connectivity index is 1.98. The highest BCUT2D eigenvalue weighted by Crippen LogP contribution is 2.40. The van der Waals surface area contributed by atoms with Crippen LogP contribution in [0.1, 0.15) is 19.4 Å². The van der Waals surface area contributed by atoms with Crippen LogP contribution in [-0.2, 0) is 14.8 Å². The molecule has 1 N–H and O–H groups in total. The number of sulfonamides is 1. The molecular formula is C18H19ClN2O3S2. The van der Waals surface area contributed by atoms with E-state index in [1.165, 1.54) is 6.92 Å². The topological polar surface area (TPSA) is 66.5 Å². The molecule has 1 amide bonds. The van der Waals surface area contributed by atoms with Crippen LogP contribution >= 0.6 is 23.4 Å². The molecular weight excluding hydrogens is 392 g/mol. The number of benzene rings is 2. The van der Waals surface area contributed by atoms with Gasteiger partial charge in [0.25, 0.3) is 10.0 Å². The maximum absolute atomic E-state index is 12.8. The van der Waals surface area contributed by atoms with Crippen molar-refractivity contribution in [1.82, 2.24) is 0 Å². The minimum atomic E-state index is -3.79. The third-order valence-corrected chi connectivity index (χ3v) is 6.86. The van der Waals surface area contributed by atoms with Gasteiger partial charge < -0.3 is 4.90 Å². The molecule has 0 fully saturated rings. The van der Waals surface area contributed by atoms with Crippen LogP contribution in [0, 0.1) is 6.92 Å². The van der Waals surface area contributed by atoms with Gasteiger partial charge in [0.2, 0.25) is 5.91 Å². The molecule has 3 rings (SSSR count). The summed E-state index contributed by atoms with van der Waals surface area (Å²) in [6, 6.07) is 9.84. The van der Waals surface area contributed by atoms with Gasteiger partial charge in [0.15, 0.2) is 0 Å². The summed E-state index contributed by atoms with van der Waals surface area (Å²) in [6.45, 7) is 5.87. The van der Waals surface area contributed by atoms with E-state index in [2.05, 4.69) is 4.72 Å². The van der Waals surface area contributed by atoms with Crippen molar-refractivity contribution in [2.75, 3.05) is 16.2 Å². The Bertz CT molecular complexity index is 976. The number of hydrogen-bond donors (Lipinski definition) is 1. The second kappa shape index (κ2) is 7.13. The Morgan fingerprint density at radius 2 is 2.00 bits per heavy atom. The van der Waals surface area contributed by atoms with Crippen molar-refractivity contribution in [3.8, 4) is 0 Å². The summed E-state index contributed by atoms with van der Waals surface area (Å²) in [5.74, 6) is -0.102. The van der Waals surface area contributed by atoms with Crippen LogP contribution in [0.3, 0.4) is 0 Å². The molecule has 0 saturated heterocycles. The SMILES string of the molecule is CC(=O)N1C[C@@H](C)Sc2ccc(S(=O)(=O)Nc3ccc(Cl)cc3C)cc21. The van der Waals surface area contributed by atoms with Gasteiger partial charge >= 0.3 is 0 Å². The monoisotopic (exact) mass is 410 g/mol. The number of thioether (sulfide) groups is 1. The van der Waals surface area contributed by atoms with Crippen molar-refractivity contribution < 1.29 is 13.2 Å². The van der Waals surface area contributed by atoms with Crippen molar-refractivity contribution in [2.24, 2.45) is 0 Å². The summed E-state index contributed by atoms with van der Waals surface area (Å²) in [7, 11) is -3.79. The van der Waals surface area contributed by atoms with Crippen LogP contribution in [-0.4, -0.2) is 26.1 Å². The number of halogens is 1. The molecule has 1 aliphatic rings. The predicted molar refractivity (Wildman–Crippen MR) is 107 cm³/mol. The molecule has 1 heterocycles. The molecule has 0 aliphatic carbocycles. The average molecular weight is 411 g/mol. The maximum Gasteiger partial charge on any atom is 0.261 e. The smallest absolute Gasteiger partial charge is 0.261 e. The van der Waals surface area contributed by atoms with Gasteiger partial charge in [-0.2, -0.15) is 0 Å². The molecule has 0 saturated carbocycles. The van der Waals surface area contributed by atoms with Crippen molar-refractivity contribution in [2.45, 2.75) is 35.8 Å². The van der Waals surface area contributed by atoms with Gasteiger partial charge in [-0.25, -0.2) is 8.42 Å². The zero-order valence-electron chi connectivity index (χ0n) is 14.6. The summed E-state index contributed by atoms with van der Waals surface area (Å²) < 4.78 is 28.2. The average Bonchev–Trinajstić information content (AvgIpc) is 2.56. The molecule has 138 valence electrons. The third kappa shape index (κ3) is 3.84. The zero-order chi connectivity index (χ0) is 19.1. The second-order valence-corrected chi connectivity index (χ2v) is 9.85. The first-order valence-electron chi connectivity index (χ1n) is 8.05. The highest BCUT2D eigenvalue weighted by atomic mass is 35.5. The number of anilines is 2. The number of amides is 1. The largest absolute Gasteiger partial charge is 0.310 e. The van der Waals surface area contributed by atoms with Gasteiger partial charge in [-0.05, 0) is 48.9 Å². The van der Waals surface area contributed by atoms with Crippen LogP contribution in [0.5, 0.6) is 0 Å². The van der Waals surface area contributed by atoms with E-state index in [0.717, 1.165) is 10.5 Å². The van der Waals surface area contributed by atoms with E-state index >= 15 is 0 Å². The Morgan fingerprint density at radius 3 is 2.65 bits per heavy atom. The lowest BCUT2D eigenvalue weighted by Crippen LogP contribution is -2.37. The quantitative estimate of drug-likeness (QED) is 0.819. The number of nitrogens with one attached hydrogen (secondary N) is 1. The fourth-order valence-corrected chi connectivity index (χ4v) is 5.30. The van der Waals surface area contributed by atoms with Crippen LogP contribution < -0.4 is 9.62 Å². The summed E-state index contributed by atoms with van der Waals surface area (Å²) in [5, 5.41) is 0.797. The van der Waals surface area contributed by atoms with E-state index < -0.39 is 10.0 Å². The molecule has 0 spiro atoms. The molecule has 1 aliphatic heterocycles. The molecule has 1 atom stereocenters. The number of nitrogens with zero attached hydrogens (tertiary/aromatic N) is 1. The summed E-state index contributed by atoms with van der Waals surface area (Å²) in [5.41, 5.74) is 1.84. The van der Waals surface area contributed by atoms with E-state index in [4.69, 9.17) is 11.6 Å². The lowest BCUT2D eigenvalue weighted by atomic mass is 10.2. The van der Waals surface area contributed by atoms with Crippen LogP contribution in [0.4, 0.5) is 11.4 Å². The number of carbonyl (C=O) groups excluding carboxylic acids is 1. The second-order valence-electron chi connectivity index (χ2n) is 6.25. The first-order chi connectivity index (χ1) is 12.2. The molecule has 5 nitrogen and oxygen atoms in total. The van der Waals surface area contributed by atoms with Crippen LogP contribution in [0.2, 0.25) is 5.02 Å². The lowest BCUT2D eigenvalue weighted by Gasteiger charge is -2.32. The fourth-order valence-electron chi connectivity index (χ4n) is 2.83. The predicted octanol–water partition coefficient (Wildman–Crippen LogP) is 4.30. The molecule has 0 bridgehead atoms. The standard InChI is InChI=1S/C18H19ClN2O3S2/c1-11-8-14(19)4-6-16(11)20-26(23,24)15-5-7-18-17(9-15)21(13(3)22)10-12(2)25-18/h4-9,12,20H,10H2,1-3H3/t12-/m1/s1. The minimum absolute atomic E-state index is 0.102. The van der Waals surface area contributed by atoms with Gasteiger partial charge in [-0.15, -0.1) is 11.8 Å². The van der Waals surface area contributed by atoms with E-state index in [0.29, 0.717) is 22.9 Å². The molecule has 0 aromatic heterocycles. The lowest BCUT2D eigenvalue weighted by molar-refractivity contribution is -0.116. The number of carbonyl (C=O) groups is 1. The highest BCUT2D eigenvalue weighted by molar-refractivity contribution is 8.00. The summed E-state index contributed by atoms with van der Waals surface area (Å²) in [4.78, 5) is 14.6. The Morgan fingerprint density at radius 1 is 1.27 bits per heavy atom. The maximum atomic E-state index is 12.8. The van der Waals surface area contributed by atoms with Crippen molar-refractivity contribution in [3.05, 3.63) is 47.0 Å². The minimum Gasteiger partial charge on any atom is -0.310 e.